The number of aliphatic hydroxyl groups is 1. The maximum Gasteiger partial charge on any atom is 0.234 e. The van der Waals surface area contributed by atoms with Crippen LogP contribution in [0.4, 0.5) is 0 Å². The summed E-state index contributed by atoms with van der Waals surface area (Å²) in [6.45, 7) is 0.580. The van der Waals surface area contributed by atoms with Gasteiger partial charge in [0.05, 0.1) is 0 Å². The highest BCUT2D eigenvalue weighted by molar-refractivity contribution is 6.18. The minimum atomic E-state index is -1.10. The van der Waals surface area contributed by atoms with E-state index in [1.165, 1.54) is 0 Å². The van der Waals surface area contributed by atoms with Gasteiger partial charge in [-0.2, -0.15) is 0 Å². The normalized spacial score (nSPS) is 14.6. The Hall–Kier alpha value is 0.427. The molecule has 1 atom stereocenters. The standard InChI is InChI=1S/C3H9ClO2Si/c4-3(5)6-1-2-7/h3,5H,1-2H2,7H3. The van der Waals surface area contributed by atoms with Gasteiger partial charge in [-0.15, -0.1) is 0 Å². The van der Waals surface area contributed by atoms with Crippen LogP contribution in [0.1, 0.15) is 0 Å². The Morgan fingerprint density at radius 2 is 2.43 bits per heavy atom. The van der Waals surface area contributed by atoms with E-state index in [0.717, 1.165) is 16.3 Å². The lowest BCUT2D eigenvalue weighted by atomic mass is 10.9. The molecule has 0 heterocycles. The van der Waals surface area contributed by atoms with Crippen molar-refractivity contribution in [2.45, 2.75) is 11.8 Å². The highest BCUT2D eigenvalue weighted by Crippen LogP contribution is 1.91. The van der Waals surface area contributed by atoms with Crippen LogP contribution < -0.4 is 0 Å². The Balaban J connectivity index is 2.68. The zero-order valence-electron chi connectivity index (χ0n) is 4.22. The van der Waals surface area contributed by atoms with Crippen LogP contribution in [0, 0.1) is 0 Å². The fraction of sp³-hybridized carbons (Fsp3) is 1.00. The summed E-state index contributed by atoms with van der Waals surface area (Å²) in [5.41, 5.74) is 0. The summed E-state index contributed by atoms with van der Waals surface area (Å²) in [7, 11) is 1.10. The van der Waals surface area contributed by atoms with E-state index in [2.05, 4.69) is 4.74 Å². The molecule has 0 aliphatic rings. The van der Waals surface area contributed by atoms with Crippen molar-refractivity contribution >= 4 is 21.8 Å². The summed E-state index contributed by atoms with van der Waals surface area (Å²) in [5, 5.41) is 8.24. The summed E-state index contributed by atoms with van der Waals surface area (Å²) in [6, 6.07) is 1.02. The van der Waals surface area contributed by atoms with Crippen LogP contribution in [-0.4, -0.2) is 27.7 Å². The van der Waals surface area contributed by atoms with Crippen molar-refractivity contribution in [2.75, 3.05) is 6.61 Å². The predicted molar refractivity (Wildman–Crippen MR) is 32.6 cm³/mol. The molecule has 0 radical (unpaired) electrons. The van der Waals surface area contributed by atoms with Gasteiger partial charge in [0.2, 0.25) is 5.75 Å². The molecule has 0 rings (SSSR count). The molecule has 0 aliphatic heterocycles. The average molecular weight is 141 g/mol. The van der Waals surface area contributed by atoms with Gasteiger partial charge in [-0.1, -0.05) is 11.6 Å². The predicted octanol–water partition coefficient (Wildman–Crippen LogP) is -0.699. The molecule has 0 amide bonds. The molecule has 0 saturated carbocycles. The van der Waals surface area contributed by atoms with Crippen molar-refractivity contribution in [2.24, 2.45) is 0 Å². The molecule has 0 aliphatic carbocycles. The molecule has 0 bridgehead atoms. The smallest absolute Gasteiger partial charge is 0.234 e. The van der Waals surface area contributed by atoms with Crippen molar-refractivity contribution in [1.82, 2.24) is 0 Å². The van der Waals surface area contributed by atoms with Gasteiger partial charge in [-0.25, -0.2) is 0 Å². The first kappa shape index (κ1) is 7.43. The lowest BCUT2D eigenvalue weighted by Gasteiger charge is -1.99. The van der Waals surface area contributed by atoms with Crippen LogP contribution in [0.15, 0.2) is 0 Å². The van der Waals surface area contributed by atoms with E-state index < -0.39 is 5.75 Å². The van der Waals surface area contributed by atoms with Gasteiger partial charge in [0.1, 0.15) is 0 Å². The minimum absolute atomic E-state index is 0.580. The second-order valence-corrected chi connectivity index (χ2v) is 2.54. The Morgan fingerprint density at radius 3 is 2.57 bits per heavy atom. The van der Waals surface area contributed by atoms with E-state index in [0.29, 0.717) is 6.61 Å². The topological polar surface area (TPSA) is 29.5 Å². The second-order valence-electron chi connectivity index (χ2n) is 1.16. The molecular weight excluding hydrogens is 132 g/mol. The second kappa shape index (κ2) is 4.58. The summed E-state index contributed by atoms with van der Waals surface area (Å²) < 4.78 is 4.55. The average Bonchev–Trinajstić information content (AvgIpc) is 1.61. The van der Waals surface area contributed by atoms with Crippen LogP contribution in [0.5, 0.6) is 0 Å². The van der Waals surface area contributed by atoms with Gasteiger partial charge in [-0.05, 0) is 6.04 Å². The maximum absolute atomic E-state index is 8.24. The molecule has 44 valence electrons. The Morgan fingerprint density at radius 1 is 1.86 bits per heavy atom. The van der Waals surface area contributed by atoms with Gasteiger partial charge in [0, 0.05) is 16.8 Å². The quantitative estimate of drug-likeness (QED) is 0.319. The number of halogens is 1. The number of alkyl halides is 1. The number of hydrogen-bond donors (Lipinski definition) is 1. The number of aliphatic hydroxyl groups excluding tert-OH is 1. The Bertz CT molecular complexity index is 41.9. The Kier molecular flexibility index (Phi) is 4.86. The minimum Gasteiger partial charge on any atom is -0.356 e. The Labute approximate surface area is 50.9 Å². The molecule has 0 spiro atoms. The maximum atomic E-state index is 8.24. The molecule has 1 unspecified atom stereocenters. The zero-order valence-corrected chi connectivity index (χ0v) is 6.98. The van der Waals surface area contributed by atoms with Crippen molar-refractivity contribution in [3.05, 3.63) is 0 Å². The van der Waals surface area contributed by atoms with Crippen molar-refractivity contribution < 1.29 is 9.84 Å². The van der Waals surface area contributed by atoms with E-state index in [1.807, 2.05) is 0 Å². The van der Waals surface area contributed by atoms with Crippen LogP contribution in [0.3, 0.4) is 0 Å². The first-order chi connectivity index (χ1) is 3.27. The molecule has 0 saturated heterocycles. The van der Waals surface area contributed by atoms with E-state index in [-0.39, 0.29) is 0 Å². The van der Waals surface area contributed by atoms with Crippen molar-refractivity contribution in [3.63, 3.8) is 0 Å². The van der Waals surface area contributed by atoms with Gasteiger partial charge < -0.3 is 9.84 Å². The van der Waals surface area contributed by atoms with Gasteiger partial charge in [0.25, 0.3) is 0 Å². The zero-order chi connectivity index (χ0) is 5.70. The highest BCUT2D eigenvalue weighted by atomic mass is 35.5. The summed E-state index contributed by atoms with van der Waals surface area (Å²) >= 11 is 5.01. The lowest BCUT2D eigenvalue weighted by Crippen LogP contribution is -2.03. The first-order valence-electron chi connectivity index (χ1n) is 2.21. The monoisotopic (exact) mass is 140 g/mol. The van der Waals surface area contributed by atoms with E-state index in [1.54, 1.807) is 0 Å². The molecule has 0 fully saturated rings. The van der Waals surface area contributed by atoms with Gasteiger partial charge >= 0.3 is 0 Å². The van der Waals surface area contributed by atoms with Crippen molar-refractivity contribution in [1.29, 1.82) is 0 Å². The van der Waals surface area contributed by atoms with E-state index >= 15 is 0 Å². The number of rotatable bonds is 3. The summed E-state index contributed by atoms with van der Waals surface area (Å²) in [5.74, 6) is -1.10. The molecule has 0 aromatic rings. The van der Waals surface area contributed by atoms with Crippen molar-refractivity contribution in [3.8, 4) is 0 Å². The van der Waals surface area contributed by atoms with E-state index in [4.69, 9.17) is 16.7 Å². The van der Waals surface area contributed by atoms with Crippen LogP contribution in [0.2, 0.25) is 6.04 Å². The highest BCUT2D eigenvalue weighted by Gasteiger charge is 1.91. The largest absolute Gasteiger partial charge is 0.356 e. The van der Waals surface area contributed by atoms with Gasteiger partial charge in [-0.3, -0.25) is 0 Å². The first-order valence-corrected chi connectivity index (χ1v) is 4.06. The summed E-state index contributed by atoms with van der Waals surface area (Å²) in [6.07, 6.45) is 0. The third-order valence-electron chi connectivity index (χ3n) is 0.460. The van der Waals surface area contributed by atoms with E-state index in [9.17, 15) is 0 Å². The third kappa shape index (κ3) is 6.43. The fourth-order valence-corrected chi connectivity index (χ4v) is 0.540. The molecule has 4 heteroatoms. The molecule has 1 N–H and O–H groups in total. The number of hydrogen-bond acceptors (Lipinski definition) is 2. The molecule has 0 aromatic heterocycles. The number of ether oxygens (including phenoxy) is 1. The van der Waals surface area contributed by atoms with Gasteiger partial charge in [0.15, 0.2) is 0 Å². The van der Waals surface area contributed by atoms with Crippen LogP contribution >= 0.6 is 11.6 Å². The lowest BCUT2D eigenvalue weighted by molar-refractivity contribution is -0.0322. The third-order valence-corrected chi connectivity index (χ3v) is 0.994. The molecule has 7 heavy (non-hydrogen) atoms. The van der Waals surface area contributed by atoms with Crippen LogP contribution in [0.25, 0.3) is 0 Å². The molecule has 2 nitrogen and oxygen atoms in total. The molecule has 0 aromatic carbocycles. The molecular formula is C3H9ClO2Si. The SMILES string of the molecule is OC(Cl)OCC[SiH3]. The summed E-state index contributed by atoms with van der Waals surface area (Å²) in [4.78, 5) is 0. The van der Waals surface area contributed by atoms with Crippen LogP contribution in [-0.2, 0) is 4.74 Å². The fourth-order valence-electron chi connectivity index (χ4n) is 0.215.